The Labute approximate surface area is 92.7 Å². The molecule has 0 aliphatic rings. The van der Waals surface area contributed by atoms with Crippen molar-refractivity contribution in [1.82, 2.24) is 9.88 Å². The molecule has 0 aromatic carbocycles. The van der Waals surface area contributed by atoms with E-state index in [4.69, 9.17) is 11.6 Å². The zero-order valence-electron chi connectivity index (χ0n) is 8.07. The molecule has 0 N–H and O–H groups in total. The summed E-state index contributed by atoms with van der Waals surface area (Å²) in [5.41, 5.74) is 2.19. The predicted molar refractivity (Wildman–Crippen MR) is 59.0 cm³/mol. The molecule has 0 spiro atoms. The minimum absolute atomic E-state index is 0.0197. The molecule has 1 aromatic rings. The van der Waals surface area contributed by atoms with Gasteiger partial charge in [-0.3, -0.25) is 4.79 Å². The highest BCUT2D eigenvalue weighted by molar-refractivity contribution is 7.07. The Morgan fingerprint density at radius 2 is 2.43 bits per heavy atom. The topological polar surface area (TPSA) is 33.2 Å². The van der Waals surface area contributed by atoms with Gasteiger partial charge in [0.1, 0.15) is 5.69 Å². The number of hydrogen-bond acceptors (Lipinski definition) is 3. The van der Waals surface area contributed by atoms with Gasteiger partial charge in [-0.2, -0.15) is 0 Å². The molecule has 0 unspecified atom stereocenters. The van der Waals surface area contributed by atoms with E-state index in [9.17, 15) is 4.79 Å². The van der Waals surface area contributed by atoms with Crippen molar-refractivity contribution in [3.63, 3.8) is 0 Å². The molecule has 0 aliphatic heterocycles. The molecular formula is C9H13ClN2OS. The molecule has 0 fully saturated rings. The maximum atomic E-state index is 11.8. The van der Waals surface area contributed by atoms with Crippen LogP contribution >= 0.6 is 22.9 Å². The molecule has 1 amide bonds. The van der Waals surface area contributed by atoms with Crippen molar-refractivity contribution in [1.29, 1.82) is 0 Å². The number of thiazole rings is 1. The number of nitrogens with zero attached hydrogens (tertiary/aromatic N) is 2. The summed E-state index contributed by atoms with van der Waals surface area (Å²) in [7, 11) is 0. The van der Waals surface area contributed by atoms with Gasteiger partial charge in [-0.05, 0) is 6.42 Å². The molecule has 0 saturated carbocycles. The van der Waals surface area contributed by atoms with Crippen LogP contribution in [0.15, 0.2) is 10.9 Å². The number of alkyl halides is 1. The molecule has 0 radical (unpaired) electrons. The Kier molecular flexibility index (Phi) is 4.90. The van der Waals surface area contributed by atoms with Crippen molar-refractivity contribution < 1.29 is 4.79 Å². The number of rotatable bonds is 5. The highest BCUT2D eigenvalue weighted by Gasteiger charge is 2.15. The second-order valence-corrected chi connectivity index (χ2v) is 3.95. The summed E-state index contributed by atoms with van der Waals surface area (Å²) in [4.78, 5) is 17.5. The summed E-state index contributed by atoms with van der Waals surface area (Å²) in [5.74, 6) is 0.448. The second kappa shape index (κ2) is 5.98. The van der Waals surface area contributed by atoms with Crippen LogP contribution in [0.5, 0.6) is 0 Å². The Balaban J connectivity index is 2.63. The minimum atomic E-state index is -0.0197. The summed E-state index contributed by atoms with van der Waals surface area (Å²) in [6, 6.07) is 0. The van der Waals surface area contributed by atoms with E-state index in [1.807, 2.05) is 6.92 Å². The number of carbonyl (C=O) groups is 1. The molecule has 1 rings (SSSR count). The van der Waals surface area contributed by atoms with Gasteiger partial charge in [0.15, 0.2) is 0 Å². The number of hydrogen-bond donors (Lipinski definition) is 0. The number of carbonyl (C=O) groups excluding carboxylic acids is 1. The first-order valence-electron chi connectivity index (χ1n) is 4.53. The Morgan fingerprint density at radius 1 is 1.64 bits per heavy atom. The maximum absolute atomic E-state index is 11.8. The van der Waals surface area contributed by atoms with Crippen LogP contribution in [0.1, 0.15) is 23.8 Å². The van der Waals surface area contributed by atoms with E-state index in [-0.39, 0.29) is 5.91 Å². The van der Waals surface area contributed by atoms with Crippen LogP contribution in [0.3, 0.4) is 0 Å². The number of amides is 1. The lowest BCUT2D eigenvalue weighted by Gasteiger charge is -2.19. The lowest BCUT2D eigenvalue weighted by molar-refractivity contribution is 0.0760. The molecule has 5 heteroatoms. The molecule has 1 aromatic heterocycles. The quantitative estimate of drug-likeness (QED) is 0.730. The Hall–Kier alpha value is -0.610. The third-order valence-electron chi connectivity index (χ3n) is 1.79. The van der Waals surface area contributed by atoms with Gasteiger partial charge in [0, 0.05) is 24.3 Å². The minimum Gasteiger partial charge on any atom is -0.336 e. The molecule has 0 bridgehead atoms. The van der Waals surface area contributed by atoms with E-state index in [0.717, 1.165) is 13.0 Å². The van der Waals surface area contributed by atoms with Crippen molar-refractivity contribution in [3.8, 4) is 0 Å². The van der Waals surface area contributed by atoms with E-state index in [2.05, 4.69) is 4.98 Å². The van der Waals surface area contributed by atoms with Crippen molar-refractivity contribution >= 4 is 28.8 Å². The maximum Gasteiger partial charge on any atom is 0.273 e. The third-order valence-corrected chi connectivity index (χ3v) is 2.54. The molecule has 0 saturated heterocycles. The standard InChI is InChI=1S/C9H13ClN2OS/c1-2-4-12(5-3-10)9(13)8-6-14-7-11-8/h6-7H,2-5H2,1H3. The second-order valence-electron chi connectivity index (χ2n) is 2.85. The summed E-state index contributed by atoms with van der Waals surface area (Å²) in [5, 5.41) is 1.76. The first-order chi connectivity index (χ1) is 6.79. The smallest absolute Gasteiger partial charge is 0.273 e. The molecular weight excluding hydrogens is 220 g/mol. The van der Waals surface area contributed by atoms with Crippen LogP contribution in [0.2, 0.25) is 0 Å². The average Bonchev–Trinajstić information content (AvgIpc) is 2.69. The van der Waals surface area contributed by atoms with Crippen LogP contribution in [0, 0.1) is 0 Å². The fraction of sp³-hybridized carbons (Fsp3) is 0.556. The fourth-order valence-corrected chi connectivity index (χ4v) is 1.90. The monoisotopic (exact) mass is 232 g/mol. The largest absolute Gasteiger partial charge is 0.336 e. The molecule has 14 heavy (non-hydrogen) atoms. The van der Waals surface area contributed by atoms with Crippen LogP contribution in [0.25, 0.3) is 0 Å². The predicted octanol–water partition coefficient (Wildman–Crippen LogP) is 2.23. The Bertz CT molecular complexity index is 270. The molecule has 3 nitrogen and oxygen atoms in total. The fourth-order valence-electron chi connectivity index (χ4n) is 1.17. The van der Waals surface area contributed by atoms with Crippen LogP contribution in [0.4, 0.5) is 0 Å². The summed E-state index contributed by atoms with van der Waals surface area (Å²) in [6.07, 6.45) is 0.937. The van der Waals surface area contributed by atoms with Gasteiger partial charge in [-0.25, -0.2) is 4.98 Å². The normalized spacial score (nSPS) is 10.1. The van der Waals surface area contributed by atoms with E-state index in [1.165, 1.54) is 11.3 Å². The van der Waals surface area contributed by atoms with Crippen molar-refractivity contribution in [2.75, 3.05) is 19.0 Å². The van der Waals surface area contributed by atoms with Gasteiger partial charge < -0.3 is 4.90 Å². The highest BCUT2D eigenvalue weighted by Crippen LogP contribution is 2.06. The van der Waals surface area contributed by atoms with Crippen molar-refractivity contribution in [3.05, 3.63) is 16.6 Å². The van der Waals surface area contributed by atoms with Crippen molar-refractivity contribution in [2.45, 2.75) is 13.3 Å². The first-order valence-corrected chi connectivity index (χ1v) is 6.00. The summed E-state index contributed by atoms with van der Waals surface area (Å²) in [6.45, 7) is 3.37. The van der Waals surface area contributed by atoms with Crippen LogP contribution < -0.4 is 0 Å². The third kappa shape index (κ3) is 2.96. The average molecular weight is 233 g/mol. The zero-order valence-corrected chi connectivity index (χ0v) is 9.64. The van der Waals surface area contributed by atoms with E-state index >= 15 is 0 Å². The van der Waals surface area contributed by atoms with E-state index < -0.39 is 0 Å². The Morgan fingerprint density at radius 3 is 2.93 bits per heavy atom. The van der Waals surface area contributed by atoms with Crippen LogP contribution in [-0.2, 0) is 0 Å². The van der Waals surface area contributed by atoms with E-state index in [1.54, 1.807) is 15.8 Å². The van der Waals surface area contributed by atoms with Gasteiger partial charge in [-0.15, -0.1) is 22.9 Å². The van der Waals surface area contributed by atoms with Crippen LogP contribution in [-0.4, -0.2) is 34.8 Å². The van der Waals surface area contributed by atoms with Gasteiger partial charge in [0.2, 0.25) is 0 Å². The molecule has 0 atom stereocenters. The van der Waals surface area contributed by atoms with Gasteiger partial charge >= 0.3 is 0 Å². The van der Waals surface area contributed by atoms with Crippen molar-refractivity contribution in [2.24, 2.45) is 0 Å². The molecule has 78 valence electrons. The van der Waals surface area contributed by atoms with Gasteiger partial charge in [0.05, 0.1) is 5.51 Å². The lowest BCUT2D eigenvalue weighted by atomic mass is 10.3. The number of aromatic nitrogens is 1. The van der Waals surface area contributed by atoms with Gasteiger partial charge in [0.25, 0.3) is 5.91 Å². The summed E-state index contributed by atoms with van der Waals surface area (Å²) >= 11 is 7.06. The van der Waals surface area contributed by atoms with E-state index in [0.29, 0.717) is 18.1 Å². The van der Waals surface area contributed by atoms with Gasteiger partial charge in [-0.1, -0.05) is 6.92 Å². The molecule has 0 aliphatic carbocycles. The molecule has 1 heterocycles. The number of halogens is 1. The summed E-state index contributed by atoms with van der Waals surface area (Å²) < 4.78 is 0. The highest BCUT2D eigenvalue weighted by atomic mass is 35.5. The SMILES string of the molecule is CCCN(CCCl)C(=O)c1cscn1. The zero-order chi connectivity index (χ0) is 10.4. The first kappa shape index (κ1) is 11.5. The lowest BCUT2D eigenvalue weighted by Crippen LogP contribution is -2.33.